The molecule has 0 aliphatic heterocycles. The van der Waals surface area contributed by atoms with Crippen LogP contribution in [-0.2, 0) is 25.7 Å². The number of nitrogens with zero attached hydrogens (tertiary/aromatic N) is 5. The van der Waals surface area contributed by atoms with Crippen LogP contribution in [0.15, 0.2) is 38.7 Å². The normalized spacial score (nSPS) is 9.36. The third kappa shape index (κ3) is 15.2. The lowest BCUT2D eigenvalue weighted by Crippen LogP contribution is -1.76. The molecule has 10 heteroatoms. The van der Waals surface area contributed by atoms with Gasteiger partial charge in [0.15, 0.2) is 0 Å². The lowest BCUT2D eigenvalue weighted by molar-refractivity contribution is 0.392. The molecule has 216 valence electrons. The van der Waals surface area contributed by atoms with Gasteiger partial charge in [-0.15, -0.1) is 45.3 Å². The maximum absolute atomic E-state index is 4.84. The van der Waals surface area contributed by atoms with Crippen molar-refractivity contribution in [1.82, 2.24) is 25.1 Å². The number of thiazole rings is 4. The van der Waals surface area contributed by atoms with Gasteiger partial charge >= 0.3 is 0 Å². The Labute approximate surface area is 251 Å². The zero-order valence-corrected chi connectivity index (χ0v) is 27.3. The van der Waals surface area contributed by atoms with Crippen LogP contribution in [0.5, 0.6) is 0 Å². The fourth-order valence-electron chi connectivity index (χ4n) is 2.60. The fourth-order valence-corrected chi connectivity index (χ4v) is 5.27. The molecule has 5 rings (SSSR count). The quantitative estimate of drug-likeness (QED) is 0.202. The van der Waals surface area contributed by atoms with Gasteiger partial charge in [-0.25, -0.2) is 19.9 Å². The average molecular weight is 608 g/mol. The topological polar surface area (TPSA) is 77.6 Å². The van der Waals surface area contributed by atoms with E-state index in [9.17, 15) is 0 Å². The van der Waals surface area contributed by atoms with Gasteiger partial charge in [-0.3, -0.25) is 0 Å². The van der Waals surface area contributed by atoms with Gasteiger partial charge in [0.25, 0.3) is 0 Å². The molecular formula is C29H45N5OS4. The molecular weight excluding hydrogens is 563 g/mol. The van der Waals surface area contributed by atoms with E-state index < -0.39 is 0 Å². The number of hydrogen-bond donors (Lipinski definition) is 0. The lowest BCUT2D eigenvalue weighted by atomic mass is 10.2. The largest absolute Gasteiger partial charge is 0.361 e. The summed E-state index contributed by atoms with van der Waals surface area (Å²) in [6.07, 6.45) is 8.15. The van der Waals surface area contributed by atoms with E-state index in [2.05, 4.69) is 65.1 Å². The van der Waals surface area contributed by atoms with Crippen LogP contribution < -0.4 is 0 Å². The summed E-state index contributed by atoms with van der Waals surface area (Å²) < 4.78 is 4.84. The predicted molar refractivity (Wildman–Crippen MR) is 173 cm³/mol. The van der Waals surface area contributed by atoms with Crippen molar-refractivity contribution in [2.75, 3.05) is 0 Å². The maximum Gasteiger partial charge on any atom is 0.136 e. The molecule has 0 atom stereocenters. The van der Waals surface area contributed by atoms with E-state index in [1.54, 1.807) is 45.3 Å². The highest BCUT2D eigenvalue weighted by molar-refractivity contribution is 7.11. The molecule has 5 heterocycles. The van der Waals surface area contributed by atoms with Gasteiger partial charge in [-0.05, 0) is 60.3 Å². The standard InChI is InChI=1S/C6H9NO.2C6H9NS.2C5H7NS.CH4/c1-4-5(2)7-8-6(4)3;1-3-6-5(2)7-4-8-6;1-3-6-4-7-5(2)8-6;1-2-5-3-7-4-6-5;1-2-5-6-3-4-7-5;/h1-3H3;2*4H,3H2,1-2H3;2*3-4H,2H2,1H3;1H4. The van der Waals surface area contributed by atoms with Crippen molar-refractivity contribution in [2.24, 2.45) is 0 Å². The third-order valence-electron chi connectivity index (χ3n) is 5.21. The van der Waals surface area contributed by atoms with Crippen LogP contribution in [0.25, 0.3) is 0 Å². The molecule has 5 aromatic rings. The van der Waals surface area contributed by atoms with E-state index in [-0.39, 0.29) is 7.43 Å². The van der Waals surface area contributed by atoms with E-state index in [1.165, 1.54) is 31.2 Å². The van der Waals surface area contributed by atoms with Gasteiger partial charge in [-0.1, -0.05) is 40.3 Å². The molecule has 39 heavy (non-hydrogen) atoms. The van der Waals surface area contributed by atoms with Gasteiger partial charge in [0.1, 0.15) is 5.76 Å². The Morgan fingerprint density at radius 1 is 0.769 bits per heavy atom. The Bertz CT molecular complexity index is 1170. The smallest absolute Gasteiger partial charge is 0.136 e. The van der Waals surface area contributed by atoms with Gasteiger partial charge in [0.2, 0.25) is 0 Å². The van der Waals surface area contributed by atoms with Crippen molar-refractivity contribution in [2.45, 2.75) is 95.4 Å². The molecule has 6 nitrogen and oxygen atoms in total. The Balaban J connectivity index is 0.000000460. The van der Waals surface area contributed by atoms with Gasteiger partial charge < -0.3 is 4.52 Å². The summed E-state index contributed by atoms with van der Waals surface area (Å²) in [5, 5.41) is 10.2. The van der Waals surface area contributed by atoms with E-state index in [1.807, 2.05) is 56.5 Å². The summed E-state index contributed by atoms with van der Waals surface area (Å²) >= 11 is 6.88. The van der Waals surface area contributed by atoms with Crippen LogP contribution >= 0.6 is 45.3 Å². The summed E-state index contributed by atoms with van der Waals surface area (Å²) in [6, 6.07) is 0. The minimum atomic E-state index is 0. The second-order valence-electron chi connectivity index (χ2n) is 7.98. The SMILES string of the molecule is C.CCc1cnc(C)s1.CCc1cscn1.CCc1nccs1.CCc1scnc1C.Cc1noc(C)c1C. The first-order chi connectivity index (χ1) is 18.2. The predicted octanol–water partition coefficient (Wildman–Crippen LogP) is 9.67. The average Bonchev–Trinajstić information content (AvgIpc) is 3.77. The summed E-state index contributed by atoms with van der Waals surface area (Å²) in [4.78, 5) is 19.1. The highest BCUT2D eigenvalue weighted by Crippen LogP contribution is 2.12. The minimum Gasteiger partial charge on any atom is -0.361 e. The summed E-state index contributed by atoms with van der Waals surface area (Å²) in [6.45, 7) is 18.4. The monoisotopic (exact) mass is 607 g/mol. The van der Waals surface area contributed by atoms with Gasteiger partial charge in [-0.2, -0.15) is 0 Å². The third-order valence-corrected chi connectivity index (χ3v) is 8.90. The Morgan fingerprint density at radius 2 is 1.51 bits per heavy atom. The van der Waals surface area contributed by atoms with E-state index in [0.717, 1.165) is 42.7 Å². The first kappa shape index (κ1) is 36.7. The van der Waals surface area contributed by atoms with Crippen LogP contribution in [-0.4, -0.2) is 25.1 Å². The second-order valence-corrected chi connectivity index (χ2v) is 11.9. The van der Waals surface area contributed by atoms with Gasteiger partial charge in [0.05, 0.1) is 38.1 Å². The molecule has 0 unspecified atom stereocenters. The van der Waals surface area contributed by atoms with E-state index in [0.29, 0.717) is 0 Å². The highest BCUT2D eigenvalue weighted by Gasteiger charge is 2.00. The van der Waals surface area contributed by atoms with Gasteiger partial charge in [0, 0.05) is 38.5 Å². The van der Waals surface area contributed by atoms with Crippen molar-refractivity contribution in [3.8, 4) is 0 Å². The van der Waals surface area contributed by atoms with Crippen molar-refractivity contribution in [1.29, 1.82) is 0 Å². The van der Waals surface area contributed by atoms with Crippen LogP contribution in [0, 0.1) is 34.6 Å². The molecule has 0 bridgehead atoms. The lowest BCUT2D eigenvalue weighted by Gasteiger charge is -1.85. The number of aryl methyl sites for hydroxylation is 8. The minimum absolute atomic E-state index is 0. The molecule has 0 radical (unpaired) electrons. The summed E-state index contributed by atoms with van der Waals surface area (Å²) in [5.74, 6) is 0.919. The van der Waals surface area contributed by atoms with E-state index >= 15 is 0 Å². The zero-order valence-electron chi connectivity index (χ0n) is 24.1. The molecule has 0 aliphatic carbocycles. The Hall–Kier alpha value is -2.27. The maximum atomic E-state index is 4.84. The molecule has 0 amide bonds. The van der Waals surface area contributed by atoms with E-state index in [4.69, 9.17) is 4.52 Å². The molecule has 0 spiro atoms. The second kappa shape index (κ2) is 21.5. The number of hydrogen-bond acceptors (Lipinski definition) is 10. The molecule has 5 aromatic heterocycles. The molecule has 0 N–H and O–H groups in total. The molecule has 0 fully saturated rings. The van der Waals surface area contributed by atoms with Crippen LogP contribution in [0.2, 0.25) is 0 Å². The summed E-state index contributed by atoms with van der Waals surface area (Å²) in [5.41, 5.74) is 8.29. The zero-order chi connectivity index (χ0) is 28.3. The number of rotatable bonds is 4. The molecule has 0 saturated heterocycles. The Morgan fingerprint density at radius 3 is 1.74 bits per heavy atom. The molecule has 0 aromatic carbocycles. The molecule has 0 aliphatic rings. The number of aromatic nitrogens is 5. The van der Waals surface area contributed by atoms with Crippen molar-refractivity contribution in [3.05, 3.63) is 82.3 Å². The van der Waals surface area contributed by atoms with Crippen LogP contribution in [0.3, 0.4) is 0 Å². The van der Waals surface area contributed by atoms with Crippen molar-refractivity contribution < 1.29 is 4.52 Å². The van der Waals surface area contributed by atoms with Crippen LogP contribution in [0.4, 0.5) is 0 Å². The van der Waals surface area contributed by atoms with Crippen LogP contribution in [0.1, 0.15) is 83.3 Å². The Kier molecular flexibility index (Phi) is 20.3. The van der Waals surface area contributed by atoms with Crippen molar-refractivity contribution >= 4 is 45.3 Å². The molecule has 0 saturated carbocycles. The highest BCUT2D eigenvalue weighted by atomic mass is 32.1. The van der Waals surface area contributed by atoms with Crippen molar-refractivity contribution in [3.63, 3.8) is 0 Å². The first-order valence-corrected chi connectivity index (χ1v) is 16.2. The first-order valence-electron chi connectivity index (χ1n) is 12.7. The fraction of sp³-hybridized carbons (Fsp3) is 0.483. The summed E-state index contributed by atoms with van der Waals surface area (Å²) in [7, 11) is 0.